The zero-order valence-corrected chi connectivity index (χ0v) is 12.7. The first-order valence-corrected chi connectivity index (χ1v) is 7.01. The number of anilines is 1. The number of aryl methyl sites for hydroxylation is 2. The maximum atomic E-state index is 11.8. The number of amides is 1. The number of esters is 1. The molecule has 1 aromatic rings. The molecule has 1 N–H and O–H groups in total. The average Bonchev–Trinajstić information content (AvgIpc) is 3.16. The molecule has 22 heavy (non-hydrogen) atoms. The number of nitro groups is 1. The van der Waals surface area contributed by atoms with E-state index in [9.17, 15) is 19.7 Å². The maximum absolute atomic E-state index is 11.8. The van der Waals surface area contributed by atoms with Gasteiger partial charge in [0, 0.05) is 6.07 Å². The van der Waals surface area contributed by atoms with Crippen LogP contribution in [0.1, 0.15) is 24.5 Å². The molecule has 0 aromatic heterocycles. The van der Waals surface area contributed by atoms with Gasteiger partial charge in [0.1, 0.15) is 5.69 Å². The van der Waals surface area contributed by atoms with Crippen molar-refractivity contribution in [1.82, 2.24) is 0 Å². The van der Waals surface area contributed by atoms with Gasteiger partial charge in [0.2, 0.25) is 0 Å². The third-order valence-corrected chi connectivity index (χ3v) is 3.84. The smallest absolute Gasteiger partial charge is 0.309 e. The molecule has 1 fully saturated rings. The molecule has 1 aliphatic carbocycles. The fourth-order valence-corrected chi connectivity index (χ4v) is 2.13. The molecule has 7 nitrogen and oxygen atoms in total. The Kier molecular flexibility index (Phi) is 4.44. The van der Waals surface area contributed by atoms with E-state index in [1.54, 1.807) is 13.8 Å². The summed E-state index contributed by atoms with van der Waals surface area (Å²) in [5.41, 5.74) is 1.51. The Balaban J connectivity index is 2.00. The van der Waals surface area contributed by atoms with E-state index in [1.165, 1.54) is 12.1 Å². The Bertz CT molecular complexity index is 641. The van der Waals surface area contributed by atoms with Crippen LogP contribution in [0.3, 0.4) is 0 Å². The lowest BCUT2D eigenvalue weighted by atomic mass is 10.1. The van der Waals surface area contributed by atoms with Gasteiger partial charge in [-0.15, -0.1) is 0 Å². The predicted octanol–water partition coefficient (Wildman–Crippen LogP) is 2.35. The van der Waals surface area contributed by atoms with Crippen molar-refractivity contribution in [1.29, 1.82) is 0 Å². The van der Waals surface area contributed by atoms with Crippen LogP contribution in [0, 0.1) is 35.8 Å². The molecule has 1 saturated carbocycles. The summed E-state index contributed by atoms with van der Waals surface area (Å²) in [6.45, 7) is 5.05. The molecule has 1 amide bonds. The monoisotopic (exact) mass is 306 g/mol. The van der Waals surface area contributed by atoms with Gasteiger partial charge in [-0.2, -0.15) is 0 Å². The van der Waals surface area contributed by atoms with Crippen molar-refractivity contribution in [3.8, 4) is 0 Å². The van der Waals surface area contributed by atoms with Gasteiger partial charge < -0.3 is 10.1 Å². The van der Waals surface area contributed by atoms with Crippen LogP contribution in [0.25, 0.3) is 0 Å². The molecule has 1 aliphatic rings. The molecule has 7 heteroatoms. The summed E-state index contributed by atoms with van der Waals surface area (Å²) >= 11 is 0. The molecule has 0 spiro atoms. The molecule has 118 valence electrons. The van der Waals surface area contributed by atoms with E-state index >= 15 is 0 Å². The SMILES string of the molecule is Cc1cc(NC(=O)COC(=O)[C@H]2C[C@@H]2C)c([N+](=O)[O-])cc1C. The van der Waals surface area contributed by atoms with Crippen molar-refractivity contribution in [2.45, 2.75) is 27.2 Å². The Labute approximate surface area is 127 Å². The van der Waals surface area contributed by atoms with Crippen molar-refractivity contribution in [2.24, 2.45) is 11.8 Å². The standard InChI is InChI=1S/C15H18N2O5/c1-8-5-12(13(17(20)21)6-9(8)2)16-14(18)7-22-15(19)11-4-10(11)3/h5-6,10-11H,4,7H2,1-3H3,(H,16,18)/t10-,11-/m0/s1. The lowest BCUT2D eigenvalue weighted by Crippen LogP contribution is -2.22. The predicted molar refractivity (Wildman–Crippen MR) is 79.4 cm³/mol. The minimum absolute atomic E-state index is 0.105. The van der Waals surface area contributed by atoms with Gasteiger partial charge in [-0.05, 0) is 43.4 Å². The number of hydrogen-bond acceptors (Lipinski definition) is 5. The number of benzene rings is 1. The summed E-state index contributed by atoms with van der Waals surface area (Å²) in [5.74, 6) is -0.801. The largest absolute Gasteiger partial charge is 0.455 e. The van der Waals surface area contributed by atoms with E-state index in [0.29, 0.717) is 5.92 Å². The lowest BCUT2D eigenvalue weighted by Gasteiger charge is -2.09. The Morgan fingerprint density at radius 3 is 2.50 bits per heavy atom. The first-order valence-electron chi connectivity index (χ1n) is 7.01. The lowest BCUT2D eigenvalue weighted by molar-refractivity contribution is -0.384. The van der Waals surface area contributed by atoms with Crippen molar-refractivity contribution in [3.63, 3.8) is 0 Å². The van der Waals surface area contributed by atoms with E-state index < -0.39 is 23.4 Å². The Hall–Kier alpha value is -2.44. The van der Waals surface area contributed by atoms with Crippen LogP contribution in [-0.2, 0) is 14.3 Å². The van der Waals surface area contributed by atoms with E-state index in [-0.39, 0.29) is 17.3 Å². The molecule has 2 atom stereocenters. The van der Waals surface area contributed by atoms with Gasteiger partial charge in [0.25, 0.3) is 11.6 Å². The summed E-state index contributed by atoms with van der Waals surface area (Å²) < 4.78 is 4.90. The third-order valence-electron chi connectivity index (χ3n) is 3.84. The first-order chi connectivity index (χ1) is 10.3. The van der Waals surface area contributed by atoms with Crippen molar-refractivity contribution in [3.05, 3.63) is 33.4 Å². The number of nitro benzene ring substituents is 1. The zero-order chi connectivity index (χ0) is 16.4. The molecule has 0 saturated heterocycles. The molecule has 0 aliphatic heterocycles. The van der Waals surface area contributed by atoms with Crippen LogP contribution >= 0.6 is 0 Å². The molecular weight excluding hydrogens is 288 g/mol. The van der Waals surface area contributed by atoms with E-state index in [2.05, 4.69) is 5.32 Å². The summed E-state index contributed by atoms with van der Waals surface area (Å²) in [5, 5.41) is 13.5. The quantitative estimate of drug-likeness (QED) is 0.511. The highest BCUT2D eigenvalue weighted by Gasteiger charge is 2.40. The fraction of sp³-hybridized carbons (Fsp3) is 0.467. The highest BCUT2D eigenvalue weighted by Crippen LogP contribution is 2.38. The van der Waals surface area contributed by atoms with Crippen LogP contribution in [0.2, 0.25) is 0 Å². The molecule has 1 aromatic carbocycles. The number of ether oxygens (including phenoxy) is 1. The van der Waals surface area contributed by atoms with E-state index in [0.717, 1.165) is 17.5 Å². The average molecular weight is 306 g/mol. The normalized spacial score (nSPS) is 19.4. The maximum Gasteiger partial charge on any atom is 0.309 e. The van der Waals surface area contributed by atoms with Crippen LogP contribution in [0.4, 0.5) is 11.4 Å². The van der Waals surface area contributed by atoms with Crippen LogP contribution in [-0.4, -0.2) is 23.4 Å². The highest BCUT2D eigenvalue weighted by atomic mass is 16.6. The molecule has 0 bridgehead atoms. The van der Waals surface area contributed by atoms with Gasteiger partial charge in [0.05, 0.1) is 10.8 Å². The van der Waals surface area contributed by atoms with Gasteiger partial charge in [-0.25, -0.2) is 0 Å². The summed E-state index contributed by atoms with van der Waals surface area (Å²) in [7, 11) is 0. The number of carbonyl (C=O) groups is 2. The van der Waals surface area contributed by atoms with Gasteiger partial charge >= 0.3 is 5.97 Å². The number of nitrogens with zero attached hydrogens (tertiary/aromatic N) is 1. The second-order valence-electron chi connectivity index (χ2n) is 5.69. The summed E-state index contributed by atoms with van der Waals surface area (Å²) in [4.78, 5) is 33.8. The van der Waals surface area contributed by atoms with Gasteiger partial charge in [0.15, 0.2) is 6.61 Å². The minimum atomic E-state index is -0.590. The number of nitrogens with one attached hydrogen (secondary N) is 1. The third kappa shape index (κ3) is 3.60. The fourth-order valence-electron chi connectivity index (χ4n) is 2.13. The number of carbonyl (C=O) groups excluding carboxylic acids is 2. The van der Waals surface area contributed by atoms with Crippen molar-refractivity contribution >= 4 is 23.3 Å². The van der Waals surface area contributed by atoms with Crippen LogP contribution in [0.5, 0.6) is 0 Å². The Morgan fingerprint density at radius 2 is 1.95 bits per heavy atom. The van der Waals surface area contributed by atoms with Gasteiger partial charge in [-0.3, -0.25) is 19.7 Å². The van der Waals surface area contributed by atoms with Crippen LogP contribution in [0.15, 0.2) is 12.1 Å². The minimum Gasteiger partial charge on any atom is -0.455 e. The molecule has 0 heterocycles. The van der Waals surface area contributed by atoms with E-state index in [4.69, 9.17) is 4.74 Å². The summed E-state index contributed by atoms with van der Waals surface area (Å²) in [6, 6.07) is 2.94. The molecular formula is C15H18N2O5. The second-order valence-corrected chi connectivity index (χ2v) is 5.69. The summed E-state index contributed by atoms with van der Waals surface area (Å²) in [6.07, 6.45) is 0.781. The van der Waals surface area contributed by atoms with Crippen molar-refractivity contribution < 1.29 is 19.2 Å². The first kappa shape index (κ1) is 15.9. The Morgan fingerprint density at radius 1 is 1.36 bits per heavy atom. The number of hydrogen-bond donors (Lipinski definition) is 1. The van der Waals surface area contributed by atoms with Gasteiger partial charge in [-0.1, -0.05) is 6.92 Å². The molecule has 0 unspecified atom stereocenters. The van der Waals surface area contributed by atoms with Crippen LogP contribution < -0.4 is 5.32 Å². The second kappa shape index (κ2) is 6.13. The highest BCUT2D eigenvalue weighted by molar-refractivity contribution is 5.95. The van der Waals surface area contributed by atoms with E-state index in [1.807, 2.05) is 6.92 Å². The number of rotatable bonds is 5. The van der Waals surface area contributed by atoms with Crippen molar-refractivity contribution in [2.75, 3.05) is 11.9 Å². The molecule has 2 rings (SSSR count). The zero-order valence-electron chi connectivity index (χ0n) is 12.7. The topological polar surface area (TPSA) is 98.5 Å². The molecule has 0 radical (unpaired) electrons.